The molecule has 1 amide bonds. The number of halogens is 2. The Morgan fingerprint density at radius 1 is 1.23 bits per heavy atom. The second-order valence-corrected chi connectivity index (χ2v) is 8.81. The maximum atomic E-state index is 12.1. The number of carbonyl (C=O) groups is 1. The fraction of sp³-hybridized carbons (Fsp3) is 0.273. The van der Waals surface area contributed by atoms with Gasteiger partial charge in [0.25, 0.3) is 0 Å². The van der Waals surface area contributed by atoms with E-state index >= 15 is 0 Å². The molecule has 1 aromatic heterocycles. The Morgan fingerprint density at radius 2 is 2.00 bits per heavy atom. The van der Waals surface area contributed by atoms with Crippen LogP contribution in [0.15, 0.2) is 47.6 Å². The van der Waals surface area contributed by atoms with Crippen molar-refractivity contribution in [1.82, 2.24) is 20.1 Å². The number of benzene rings is 2. The van der Waals surface area contributed by atoms with E-state index in [4.69, 9.17) is 28.5 Å². The Bertz CT molecular complexity index is 1120. The average Bonchev–Trinajstić information content (AvgIpc) is 3.16. The van der Waals surface area contributed by atoms with E-state index in [1.54, 1.807) is 12.1 Å². The van der Waals surface area contributed by atoms with E-state index in [1.807, 2.05) is 34.9 Å². The molecule has 1 N–H and O–H groups in total. The van der Waals surface area contributed by atoms with Crippen molar-refractivity contribution in [3.8, 4) is 23.1 Å². The third kappa shape index (κ3) is 5.59. The lowest BCUT2D eigenvalue weighted by molar-refractivity contribution is -0.118. The zero-order valence-electron chi connectivity index (χ0n) is 17.1. The van der Waals surface area contributed by atoms with Gasteiger partial charge in [-0.05, 0) is 35.7 Å². The van der Waals surface area contributed by atoms with E-state index in [0.29, 0.717) is 33.1 Å². The van der Waals surface area contributed by atoms with Crippen molar-refractivity contribution in [1.29, 1.82) is 5.26 Å². The van der Waals surface area contributed by atoms with Crippen molar-refractivity contribution >= 4 is 40.9 Å². The first kappa shape index (κ1) is 23.1. The fourth-order valence-electron chi connectivity index (χ4n) is 3.04. The van der Waals surface area contributed by atoms with E-state index in [-0.39, 0.29) is 24.0 Å². The molecule has 0 aliphatic heterocycles. The minimum absolute atomic E-state index is 0.155. The summed E-state index contributed by atoms with van der Waals surface area (Å²) in [5.41, 5.74) is 2.74. The average molecular weight is 474 g/mol. The standard InChI is InChI=1S/C22H21Cl2N5OS/c1-14(2)16-6-3-4-7-19(16)29-21(17-9-8-15(23)12-18(17)24)27-28-22(29)31-13-20(30)26-11-5-10-25/h3-4,6-9,12,14H,5,11,13H2,1-2H3,(H,26,30). The Balaban J connectivity index is 2.04. The van der Waals surface area contributed by atoms with E-state index in [9.17, 15) is 4.79 Å². The third-order valence-corrected chi connectivity index (χ3v) is 5.97. The molecule has 0 radical (unpaired) electrons. The number of nitriles is 1. The van der Waals surface area contributed by atoms with E-state index in [1.165, 1.54) is 11.8 Å². The molecule has 0 unspecified atom stereocenters. The second kappa shape index (κ2) is 10.7. The summed E-state index contributed by atoms with van der Waals surface area (Å²) in [5.74, 6) is 0.821. The summed E-state index contributed by atoms with van der Waals surface area (Å²) in [7, 11) is 0. The van der Waals surface area contributed by atoms with Crippen molar-refractivity contribution in [2.75, 3.05) is 12.3 Å². The van der Waals surface area contributed by atoms with Gasteiger partial charge in [-0.3, -0.25) is 9.36 Å². The van der Waals surface area contributed by atoms with Crippen molar-refractivity contribution in [2.45, 2.75) is 31.3 Å². The lowest BCUT2D eigenvalue weighted by Crippen LogP contribution is -2.26. The summed E-state index contributed by atoms with van der Waals surface area (Å²) in [6.45, 7) is 4.56. The number of thioether (sulfide) groups is 1. The number of para-hydroxylation sites is 1. The van der Waals surface area contributed by atoms with Crippen LogP contribution in [0.4, 0.5) is 0 Å². The van der Waals surface area contributed by atoms with Gasteiger partial charge < -0.3 is 5.32 Å². The molecule has 31 heavy (non-hydrogen) atoms. The fourth-order valence-corrected chi connectivity index (χ4v) is 4.31. The summed E-state index contributed by atoms with van der Waals surface area (Å²) in [6, 6.07) is 15.3. The quantitative estimate of drug-likeness (QED) is 0.345. The van der Waals surface area contributed by atoms with Gasteiger partial charge in [0.2, 0.25) is 5.91 Å². The predicted octanol–water partition coefficient (Wildman–Crippen LogP) is 5.49. The first-order valence-electron chi connectivity index (χ1n) is 9.69. The van der Waals surface area contributed by atoms with Crippen LogP contribution in [0.2, 0.25) is 10.0 Å². The van der Waals surface area contributed by atoms with Gasteiger partial charge in [-0.25, -0.2) is 0 Å². The molecular formula is C22H21Cl2N5OS. The third-order valence-electron chi connectivity index (χ3n) is 4.50. The topological polar surface area (TPSA) is 83.6 Å². The van der Waals surface area contributed by atoms with Crippen LogP contribution in [0.25, 0.3) is 17.1 Å². The molecule has 2 aromatic carbocycles. The maximum Gasteiger partial charge on any atom is 0.230 e. The lowest BCUT2D eigenvalue weighted by Gasteiger charge is -2.17. The van der Waals surface area contributed by atoms with Gasteiger partial charge in [-0.2, -0.15) is 5.26 Å². The molecule has 0 saturated heterocycles. The number of hydrogen-bond donors (Lipinski definition) is 1. The van der Waals surface area contributed by atoms with Crippen LogP contribution in [-0.2, 0) is 4.79 Å². The smallest absolute Gasteiger partial charge is 0.230 e. The molecule has 0 saturated carbocycles. The van der Waals surface area contributed by atoms with Gasteiger partial charge in [0.1, 0.15) is 0 Å². The van der Waals surface area contributed by atoms with Crippen molar-refractivity contribution in [3.63, 3.8) is 0 Å². The molecule has 3 aromatic rings. The largest absolute Gasteiger partial charge is 0.354 e. The molecule has 0 aliphatic rings. The van der Waals surface area contributed by atoms with Gasteiger partial charge >= 0.3 is 0 Å². The monoisotopic (exact) mass is 473 g/mol. The van der Waals surface area contributed by atoms with Crippen LogP contribution >= 0.6 is 35.0 Å². The first-order chi connectivity index (χ1) is 14.9. The molecule has 9 heteroatoms. The second-order valence-electron chi connectivity index (χ2n) is 7.03. The highest BCUT2D eigenvalue weighted by Crippen LogP contribution is 2.35. The number of nitrogens with zero attached hydrogens (tertiary/aromatic N) is 4. The normalized spacial score (nSPS) is 10.8. The number of rotatable bonds is 8. The molecule has 0 bridgehead atoms. The highest BCUT2D eigenvalue weighted by molar-refractivity contribution is 7.99. The van der Waals surface area contributed by atoms with Gasteiger partial charge in [0.05, 0.1) is 29.0 Å². The minimum Gasteiger partial charge on any atom is -0.354 e. The summed E-state index contributed by atoms with van der Waals surface area (Å²) >= 11 is 13.8. The molecule has 0 spiro atoms. The molecule has 160 valence electrons. The zero-order valence-corrected chi connectivity index (χ0v) is 19.4. The van der Waals surface area contributed by atoms with E-state index in [2.05, 4.69) is 35.4 Å². The summed E-state index contributed by atoms with van der Waals surface area (Å²) in [5, 5.41) is 21.7. The highest BCUT2D eigenvalue weighted by atomic mass is 35.5. The number of carbonyl (C=O) groups excluding carboxylic acids is 1. The van der Waals surface area contributed by atoms with Crippen LogP contribution in [0.1, 0.15) is 31.7 Å². The zero-order chi connectivity index (χ0) is 22.4. The number of hydrogen-bond acceptors (Lipinski definition) is 5. The van der Waals surface area contributed by atoms with Crippen molar-refractivity contribution in [2.24, 2.45) is 0 Å². The molecular weight excluding hydrogens is 453 g/mol. The van der Waals surface area contributed by atoms with Crippen LogP contribution in [0.3, 0.4) is 0 Å². The summed E-state index contributed by atoms with van der Waals surface area (Å²) in [6.07, 6.45) is 0.271. The highest BCUT2D eigenvalue weighted by Gasteiger charge is 2.21. The van der Waals surface area contributed by atoms with Gasteiger partial charge in [0.15, 0.2) is 11.0 Å². The first-order valence-corrected chi connectivity index (χ1v) is 11.4. The van der Waals surface area contributed by atoms with Crippen LogP contribution in [-0.4, -0.2) is 33.0 Å². The Labute approximate surface area is 195 Å². The maximum absolute atomic E-state index is 12.1. The lowest BCUT2D eigenvalue weighted by atomic mass is 10.0. The summed E-state index contributed by atoms with van der Waals surface area (Å²) in [4.78, 5) is 12.1. The van der Waals surface area contributed by atoms with Gasteiger partial charge in [-0.15, -0.1) is 10.2 Å². The summed E-state index contributed by atoms with van der Waals surface area (Å²) < 4.78 is 1.93. The van der Waals surface area contributed by atoms with Crippen molar-refractivity contribution < 1.29 is 4.79 Å². The number of aromatic nitrogens is 3. The molecule has 0 aliphatic carbocycles. The molecule has 0 atom stereocenters. The Kier molecular flexibility index (Phi) is 7.97. The van der Waals surface area contributed by atoms with E-state index in [0.717, 1.165) is 11.3 Å². The Hall–Kier alpha value is -2.53. The number of nitrogens with one attached hydrogen (secondary N) is 1. The van der Waals surface area contributed by atoms with Crippen molar-refractivity contribution in [3.05, 3.63) is 58.1 Å². The molecule has 0 fully saturated rings. The SMILES string of the molecule is CC(C)c1ccccc1-n1c(SCC(=O)NCCC#N)nnc1-c1ccc(Cl)cc1Cl. The van der Waals surface area contributed by atoms with Gasteiger partial charge in [-0.1, -0.05) is 67.0 Å². The molecule has 1 heterocycles. The number of amides is 1. The van der Waals surface area contributed by atoms with Gasteiger partial charge in [0, 0.05) is 17.1 Å². The van der Waals surface area contributed by atoms with E-state index < -0.39 is 0 Å². The molecule has 3 rings (SSSR count). The Morgan fingerprint density at radius 3 is 2.71 bits per heavy atom. The predicted molar refractivity (Wildman–Crippen MR) is 125 cm³/mol. The molecule has 6 nitrogen and oxygen atoms in total. The van der Waals surface area contributed by atoms with Crippen LogP contribution < -0.4 is 5.32 Å². The van der Waals surface area contributed by atoms with Crippen LogP contribution in [0.5, 0.6) is 0 Å². The minimum atomic E-state index is -0.168. The van der Waals surface area contributed by atoms with Crippen LogP contribution in [0, 0.1) is 11.3 Å².